The van der Waals surface area contributed by atoms with Crippen LogP contribution < -0.4 is 4.72 Å². The van der Waals surface area contributed by atoms with Crippen molar-refractivity contribution in [3.63, 3.8) is 0 Å². The molecule has 0 bridgehead atoms. The van der Waals surface area contributed by atoms with Crippen LogP contribution >= 0.6 is 0 Å². The van der Waals surface area contributed by atoms with Crippen molar-refractivity contribution in [1.29, 1.82) is 0 Å². The van der Waals surface area contributed by atoms with Crippen LogP contribution in [-0.2, 0) is 11.4 Å². The van der Waals surface area contributed by atoms with E-state index in [1.807, 2.05) is 43.5 Å². The Bertz CT molecular complexity index is 734. The Morgan fingerprint density at radius 3 is 2.65 bits per heavy atom. The number of rotatable bonds is 3. The first-order valence-corrected chi connectivity index (χ1v) is 7.89. The van der Waals surface area contributed by atoms with Gasteiger partial charge < -0.3 is 4.98 Å². The van der Waals surface area contributed by atoms with E-state index >= 15 is 0 Å². The van der Waals surface area contributed by atoms with E-state index in [0.29, 0.717) is 0 Å². The minimum absolute atomic E-state index is 0.802. The zero-order valence-corrected chi connectivity index (χ0v) is 12.2. The third kappa shape index (κ3) is 2.50. The summed E-state index contributed by atoms with van der Waals surface area (Å²) >= 11 is -0.802. The summed E-state index contributed by atoms with van der Waals surface area (Å²) in [5.41, 5.74) is 5.22. The number of nitrogens with one attached hydrogen (secondary N) is 2. The zero-order valence-electron chi connectivity index (χ0n) is 11.3. The van der Waals surface area contributed by atoms with Crippen LogP contribution in [0.2, 0.25) is 0 Å². The van der Waals surface area contributed by atoms with Crippen LogP contribution in [0, 0.1) is 6.92 Å². The average molecular weight is 286 g/mol. The average Bonchev–Trinajstić information content (AvgIpc) is 2.79. The van der Waals surface area contributed by atoms with E-state index in [2.05, 4.69) is 20.8 Å². The first-order valence-electron chi connectivity index (χ1n) is 6.30. The monoisotopic (exact) mass is 286 g/mol. The Morgan fingerprint density at radius 1 is 1.20 bits per heavy atom. The first kappa shape index (κ1) is 13.0. The number of aromatic nitrogens is 2. The third-order valence-electron chi connectivity index (χ3n) is 3.13. The van der Waals surface area contributed by atoms with Crippen LogP contribution in [0.1, 0.15) is 5.69 Å². The highest BCUT2D eigenvalue weighted by Gasteiger charge is 2.09. The van der Waals surface area contributed by atoms with E-state index in [-0.39, 0.29) is 0 Å². The molecule has 3 N–H and O–H groups in total. The van der Waals surface area contributed by atoms with Gasteiger partial charge in [0.15, 0.2) is 6.26 Å². The van der Waals surface area contributed by atoms with E-state index in [0.717, 1.165) is 33.5 Å². The zero-order chi connectivity index (χ0) is 14.1. The standard InChI is InChI=1S/C15H16N3OS/c1-10-9-14-13(7-8-16-15(14)17-10)11-3-5-12(6-4-11)18-20(2)19/h3-9,18-19H,1-2H3,(H,16,17)/q+1. The number of hydrogen-bond donors (Lipinski definition) is 3. The maximum Gasteiger partial charge on any atom is 0.259 e. The van der Waals surface area contributed by atoms with Crippen molar-refractivity contribution in [2.24, 2.45) is 0 Å². The molecule has 0 amide bonds. The maximum absolute atomic E-state index is 9.34. The lowest BCUT2D eigenvalue weighted by atomic mass is 10.0. The molecule has 2 aromatic heterocycles. The van der Waals surface area contributed by atoms with Crippen LogP contribution in [0.5, 0.6) is 0 Å². The maximum atomic E-state index is 9.34. The molecule has 1 unspecified atom stereocenters. The Labute approximate surface area is 120 Å². The number of aromatic amines is 1. The van der Waals surface area contributed by atoms with Gasteiger partial charge in [-0.1, -0.05) is 12.1 Å². The van der Waals surface area contributed by atoms with Gasteiger partial charge in [0.05, 0.1) is 5.69 Å². The Morgan fingerprint density at radius 2 is 1.95 bits per heavy atom. The summed E-state index contributed by atoms with van der Waals surface area (Å²) in [6, 6.07) is 12.2. The van der Waals surface area contributed by atoms with E-state index in [4.69, 9.17) is 0 Å². The van der Waals surface area contributed by atoms with Gasteiger partial charge in [-0.2, -0.15) is 9.27 Å². The number of anilines is 1. The number of fused-ring (bicyclic) bond motifs is 1. The number of pyridine rings is 1. The first-order chi connectivity index (χ1) is 9.63. The molecule has 0 fully saturated rings. The second kappa shape index (κ2) is 5.19. The van der Waals surface area contributed by atoms with Crippen LogP contribution in [0.3, 0.4) is 0 Å². The molecule has 0 saturated carbocycles. The molecule has 102 valence electrons. The van der Waals surface area contributed by atoms with Gasteiger partial charge in [0.25, 0.3) is 11.4 Å². The van der Waals surface area contributed by atoms with E-state index in [9.17, 15) is 4.55 Å². The van der Waals surface area contributed by atoms with Gasteiger partial charge in [0, 0.05) is 17.3 Å². The summed E-state index contributed by atoms with van der Waals surface area (Å²) in [6.45, 7) is 2.03. The molecule has 0 spiro atoms. The fourth-order valence-electron chi connectivity index (χ4n) is 2.30. The number of benzene rings is 1. The largest absolute Gasteiger partial charge is 0.344 e. The molecule has 4 nitrogen and oxygen atoms in total. The summed E-state index contributed by atoms with van der Waals surface area (Å²) in [6.07, 6.45) is 3.54. The Kier molecular flexibility index (Phi) is 3.38. The fraction of sp³-hybridized carbons (Fsp3) is 0.133. The van der Waals surface area contributed by atoms with Crippen LogP contribution in [0.15, 0.2) is 42.6 Å². The van der Waals surface area contributed by atoms with Gasteiger partial charge in [-0.25, -0.2) is 4.98 Å². The molecular formula is C15H16N3OS+. The summed E-state index contributed by atoms with van der Waals surface area (Å²) in [4.78, 5) is 7.60. The van der Waals surface area contributed by atoms with Gasteiger partial charge in [-0.05, 0) is 42.3 Å². The summed E-state index contributed by atoms with van der Waals surface area (Å²) in [7, 11) is 0. The SMILES string of the molecule is Cc1cc2c(-c3ccc(N[S+](C)O)cc3)ccnc2[nH]1. The highest BCUT2D eigenvalue weighted by molar-refractivity contribution is 7.92. The quantitative estimate of drug-likeness (QED) is 0.645. The summed E-state index contributed by atoms with van der Waals surface area (Å²) in [5.74, 6) is 0. The molecule has 0 radical (unpaired) electrons. The molecule has 20 heavy (non-hydrogen) atoms. The number of aryl methyl sites for hydroxylation is 1. The Hall–Kier alpha value is -1.98. The van der Waals surface area contributed by atoms with E-state index in [1.165, 1.54) is 0 Å². The summed E-state index contributed by atoms with van der Waals surface area (Å²) in [5, 5.41) is 1.13. The number of nitrogens with zero attached hydrogens (tertiary/aromatic N) is 1. The number of hydrogen-bond acceptors (Lipinski definition) is 3. The van der Waals surface area contributed by atoms with Crippen molar-refractivity contribution < 1.29 is 4.55 Å². The van der Waals surface area contributed by atoms with Crippen molar-refractivity contribution in [1.82, 2.24) is 9.97 Å². The molecule has 0 aliphatic heterocycles. The van der Waals surface area contributed by atoms with Gasteiger partial charge >= 0.3 is 0 Å². The van der Waals surface area contributed by atoms with Crippen molar-refractivity contribution in [2.75, 3.05) is 11.0 Å². The van der Waals surface area contributed by atoms with Crippen LogP contribution in [-0.4, -0.2) is 20.8 Å². The molecular weight excluding hydrogens is 270 g/mol. The lowest BCUT2D eigenvalue weighted by Gasteiger charge is -2.05. The van der Waals surface area contributed by atoms with Gasteiger partial charge in [-0.15, -0.1) is 0 Å². The Balaban J connectivity index is 2.02. The normalized spacial score (nSPS) is 12.6. The minimum atomic E-state index is -0.802. The molecule has 0 aliphatic carbocycles. The predicted octanol–water partition coefficient (Wildman–Crippen LogP) is 3.59. The number of H-pyrrole nitrogens is 1. The molecule has 0 aliphatic rings. The molecule has 1 aromatic carbocycles. The highest BCUT2D eigenvalue weighted by atomic mass is 32.2. The highest BCUT2D eigenvalue weighted by Crippen LogP contribution is 2.28. The van der Waals surface area contributed by atoms with Gasteiger partial charge in [-0.3, -0.25) is 0 Å². The second-order valence-electron chi connectivity index (χ2n) is 4.73. The topological polar surface area (TPSA) is 60.9 Å². The molecule has 2 heterocycles. The third-order valence-corrected chi connectivity index (χ3v) is 3.66. The van der Waals surface area contributed by atoms with E-state index in [1.54, 1.807) is 6.26 Å². The van der Waals surface area contributed by atoms with Crippen molar-refractivity contribution in [3.8, 4) is 11.1 Å². The predicted molar refractivity (Wildman–Crippen MR) is 85.8 cm³/mol. The summed E-state index contributed by atoms with van der Waals surface area (Å²) < 4.78 is 12.3. The lowest BCUT2D eigenvalue weighted by molar-refractivity contribution is 0.650. The molecule has 1 atom stereocenters. The minimum Gasteiger partial charge on any atom is -0.344 e. The molecule has 5 heteroatoms. The molecule has 0 saturated heterocycles. The van der Waals surface area contributed by atoms with Crippen LogP contribution in [0.25, 0.3) is 22.2 Å². The molecule has 3 rings (SSSR count). The van der Waals surface area contributed by atoms with Crippen molar-refractivity contribution in [3.05, 3.63) is 48.3 Å². The van der Waals surface area contributed by atoms with Crippen molar-refractivity contribution >= 4 is 28.1 Å². The fourth-order valence-corrected chi connectivity index (χ4v) is 2.78. The van der Waals surface area contributed by atoms with Gasteiger partial charge in [0.2, 0.25) is 0 Å². The molecule has 3 aromatic rings. The lowest BCUT2D eigenvalue weighted by Crippen LogP contribution is -2.08. The second-order valence-corrected chi connectivity index (χ2v) is 5.89. The van der Waals surface area contributed by atoms with Crippen LogP contribution in [0.4, 0.5) is 5.69 Å². The smallest absolute Gasteiger partial charge is 0.259 e. The van der Waals surface area contributed by atoms with E-state index < -0.39 is 11.4 Å². The van der Waals surface area contributed by atoms with Gasteiger partial charge in [0.1, 0.15) is 5.65 Å². The van der Waals surface area contributed by atoms with Crippen molar-refractivity contribution in [2.45, 2.75) is 6.92 Å².